The Hall–Kier alpha value is -10.6. The van der Waals surface area contributed by atoms with E-state index in [4.69, 9.17) is 37.9 Å². The van der Waals surface area contributed by atoms with Crippen LogP contribution in [0.5, 0.6) is 11.5 Å². The monoisotopic (exact) mass is 1350 g/mol. The molecule has 0 N–H and O–H groups in total. The second-order valence-corrected chi connectivity index (χ2v) is 25.7. The summed E-state index contributed by atoms with van der Waals surface area (Å²) in [6.07, 6.45) is 20.4. The molecule has 8 heterocycles. The van der Waals surface area contributed by atoms with Crippen LogP contribution in [-0.2, 0) is 34.8 Å². The van der Waals surface area contributed by atoms with E-state index in [-0.39, 0.29) is 45.0 Å². The molecule has 0 spiro atoms. The first-order chi connectivity index (χ1) is 47.8. The molecule has 0 amide bonds. The average Bonchev–Trinajstić information content (AvgIpc) is 0.682. The first kappa shape index (κ1) is 72.6. The molecule has 0 bridgehead atoms. The Morgan fingerprint density at radius 1 is 0.404 bits per heavy atom. The maximum Gasteiger partial charge on any atom is 0.345 e. The number of esters is 7. The van der Waals surface area contributed by atoms with Crippen molar-refractivity contribution in [3.63, 3.8) is 0 Å². The molecule has 1 aliphatic heterocycles. The SMILES string of the molecule is Cc1c(C)c2c(c(C)c1OC(=O)c1cccnc1)CC[C@@](C)(CCC[C@H](C)CCC[C@H](C)CCCC(C)C)O2.O=C(OC1C(OC(=O)c2cccnc2)C(OC(=O)c2cccnc2)C(OC(=O)c2cccnc2)C(OC(=O)c2cccnc2)C1OC(=O)c1cccnc1)c1cccnc1. The highest BCUT2D eigenvalue weighted by Crippen LogP contribution is 2.46. The topological polar surface area (TPSA) is 284 Å². The van der Waals surface area contributed by atoms with Crippen molar-refractivity contribution in [1.29, 1.82) is 0 Å². The Morgan fingerprint density at radius 3 is 0.970 bits per heavy atom. The Morgan fingerprint density at radius 2 is 0.687 bits per heavy atom. The number of benzene rings is 1. The van der Waals surface area contributed by atoms with Gasteiger partial charge in [0.05, 0.1) is 38.9 Å². The zero-order valence-corrected chi connectivity index (χ0v) is 56.9. The van der Waals surface area contributed by atoms with Gasteiger partial charge in [-0.25, -0.2) is 33.6 Å². The van der Waals surface area contributed by atoms with Crippen LogP contribution in [0, 0.1) is 38.5 Å². The van der Waals surface area contributed by atoms with Crippen molar-refractivity contribution >= 4 is 41.8 Å². The molecule has 22 nitrogen and oxygen atoms in total. The number of fused-ring (bicyclic) bond motifs is 1. The van der Waals surface area contributed by atoms with E-state index in [2.05, 4.69) is 83.4 Å². The van der Waals surface area contributed by atoms with Gasteiger partial charge in [-0.2, -0.15) is 0 Å². The Bertz CT molecular complexity index is 3540. The molecule has 0 unspecified atom stereocenters. The minimum absolute atomic E-state index is 0.106. The van der Waals surface area contributed by atoms with E-state index >= 15 is 0 Å². The molecule has 8 aromatic rings. The van der Waals surface area contributed by atoms with Crippen LogP contribution in [0.15, 0.2) is 172 Å². The standard InChI is InChI=1S/C42H30N6O12.C35H53NO3/c49-37(25-7-1-13-43-19-25)55-31-32(56-38(50)26-8-2-14-44-20-26)34(58-40(52)28-10-4-16-46-22-28)36(60-42(54)30-12-6-18-48-24-30)35(59-41(53)29-11-5-17-47-23-29)33(31)57-39(51)27-9-3-15-45-21-27;1-24(2)13-9-14-25(3)15-10-16-26(4)17-11-20-35(8)21-19-31-29(7)32(27(5)28(6)33(31)39-35)38-34(37)30-18-12-22-36-23-30/h1-24,31-36H;12,18,22-26H,9-11,13-17,19-21H2,1-8H3/t;25-,26-,35-/m.1/s1. The fourth-order valence-corrected chi connectivity index (χ4v) is 12.0. The van der Waals surface area contributed by atoms with Gasteiger partial charge in [0.1, 0.15) is 17.1 Å². The Kier molecular flexibility index (Phi) is 25.7. The summed E-state index contributed by atoms with van der Waals surface area (Å²) in [7, 11) is 0. The van der Waals surface area contributed by atoms with E-state index in [0.29, 0.717) is 11.3 Å². The number of hydrogen-bond donors (Lipinski definition) is 0. The number of pyridine rings is 7. The number of carbonyl (C=O) groups is 7. The normalized spacial score (nSPS) is 19.0. The van der Waals surface area contributed by atoms with Crippen LogP contribution in [0.2, 0.25) is 0 Å². The number of aromatic nitrogens is 7. The van der Waals surface area contributed by atoms with Gasteiger partial charge >= 0.3 is 41.8 Å². The van der Waals surface area contributed by atoms with Gasteiger partial charge in [0.15, 0.2) is 36.6 Å². The minimum Gasteiger partial charge on any atom is -0.487 e. The molecule has 2 aliphatic rings. The van der Waals surface area contributed by atoms with Crippen LogP contribution >= 0.6 is 0 Å². The van der Waals surface area contributed by atoms with Gasteiger partial charge in [-0.15, -0.1) is 0 Å². The van der Waals surface area contributed by atoms with Crippen molar-refractivity contribution in [2.75, 3.05) is 0 Å². The zero-order valence-electron chi connectivity index (χ0n) is 56.9. The summed E-state index contributed by atoms with van der Waals surface area (Å²) in [6.45, 7) is 18.0. The lowest BCUT2D eigenvalue weighted by molar-refractivity contribution is -0.223. The minimum atomic E-state index is -1.99. The van der Waals surface area contributed by atoms with Crippen molar-refractivity contribution in [2.45, 2.75) is 168 Å². The summed E-state index contributed by atoms with van der Waals surface area (Å²) < 4.78 is 48.8. The van der Waals surface area contributed by atoms with E-state index in [1.165, 1.54) is 204 Å². The van der Waals surface area contributed by atoms with Gasteiger partial charge < -0.3 is 37.9 Å². The zero-order chi connectivity index (χ0) is 70.4. The predicted octanol–water partition coefficient (Wildman–Crippen LogP) is 13.5. The molecule has 0 radical (unpaired) electrons. The summed E-state index contributed by atoms with van der Waals surface area (Å²) in [5.74, 6) is -2.75. The van der Waals surface area contributed by atoms with Crippen LogP contribution in [0.1, 0.15) is 194 Å². The van der Waals surface area contributed by atoms with Crippen molar-refractivity contribution < 1.29 is 71.5 Å². The first-order valence-electron chi connectivity index (χ1n) is 33.4. The lowest BCUT2D eigenvalue weighted by atomic mass is 9.83. The molecular formula is C77H83N7O15. The van der Waals surface area contributed by atoms with Gasteiger partial charge in [0.2, 0.25) is 0 Å². The lowest BCUT2D eigenvalue weighted by Crippen LogP contribution is -2.69. The van der Waals surface area contributed by atoms with Crippen LogP contribution in [-0.4, -0.2) is 119 Å². The number of carbonyl (C=O) groups excluding carboxylic acids is 7. The van der Waals surface area contributed by atoms with E-state index in [9.17, 15) is 33.6 Å². The van der Waals surface area contributed by atoms with Crippen LogP contribution < -0.4 is 9.47 Å². The van der Waals surface area contributed by atoms with Crippen LogP contribution in [0.25, 0.3) is 0 Å². The number of ether oxygens (including phenoxy) is 8. The average molecular weight is 1350 g/mol. The van der Waals surface area contributed by atoms with E-state index in [0.717, 1.165) is 59.5 Å². The Balaban J connectivity index is 0.000000254. The highest BCUT2D eigenvalue weighted by atomic mass is 16.7. The number of hydrogen-bond acceptors (Lipinski definition) is 22. The van der Waals surface area contributed by atoms with Gasteiger partial charge in [0.25, 0.3) is 0 Å². The molecule has 3 atom stereocenters. The molecular weight excluding hydrogens is 1260 g/mol. The number of nitrogens with zero attached hydrogens (tertiary/aromatic N) is 7. The third kappa shape index (κ3) is 19.8. The molecule has 1 saturated carbocycles. The van der Waals surface area contributed by atoms with Crippen LogP contribution in [0.3, 0.4) is 0 Å². The molecule has 1 fully saturated rings. The van der Waals surface area contributed by atoms with Gasteiger partial charge in [-0.1, -0.05) is 72.6 Å². The molecule has 1 aliphatic carbocycles. The van der Waals surface area contributed by atoms with Crippen molar-refractivity contribution in [2.24, 2.45) is 17.8 Å². The molecule has 7 aromatic heterocycles. The molecule has 0 saturated heterocycles. The highest BCUT2D eigenvalue weighted by molar-refractivity contribution is 5.94. The lowest BCUT2D eigenvalue weighted by Gasteiger charge is -2.47. The quantitative estimate of drug-likeness (QED) is 0.0276. The molecule has 516 valence electrons. The first-order valence-corrected chi connectivity index (χ1v) is 33.4. The fourth-order valence-electron chi connectivity index (χ4n) is 12.0. The maximum atomic E-state index is 14.0. The molecule has 99 heavy (non-hydrogen) atoms. The van der Waals surface area contributed by atoms with E-state index < -0.39 is 72.4 Å². The summed E-state index contributed by atoms with van der Waals surface area (Å²) in [5.41, 5.74) is 3.92. The predicted molar refractivity (Wildman–Crippen MR) is 363 cm³/mol. The van der Waals surface area contributed by atoms with Crippen molar-refractivity contribution in [3.8, 4) is 11.5 Å². The molecule has 1 aromatic carbocycles. The van der Waals surface area contributed by atoms with Gasteiger partial charge in [-0.05, 0) is 173 Å². The van der Waals surface area contributed by atoms with E-state index in [1.54, 1.807) is 24.5 Å². The summed E-state index contributed by atoms with van der Waals surface area (Å²) in [5, 5.41) is 0. The third-order valence-electron chi connectivity index (χ3n) is 17.7. The number of rotatable bonds is 26. The Labute approximate surface area is 576 Å². The summed E-state index contributed by atoms with van der Waals surface area (Å²) >= 11 is 0. The van der Waals surface area contributed by atoms with Crippen molar-refractivity contribution in [3.05, 3.63) is 233 Å². The second-order valence-electron chi connectivity index (χ2n) is 25.7. The smallest absolute Gasteiger partial charge is 0.345 e. The third-order valence-corrected chi connectivity index (χ3v) is 17.7. The molecule has 22 heteroatoms. The fraction of sp³-hybridized carbons (Fsp3) is 0.377. The summed E-state index contributed by atoms with van der Waals surface area (Å²) in [4.78, 5) is 124. The van der Waals surface area contributed by atoms with Gasteiger partial charge in [0, 0.05) is 92.3 Å². The summed E-state index contributed by atoms with van der Waals surface area (Å²) in [6, 6.07) is 20.4. The largest absolute Gasteiger partial charge is 0.487 e. The highest BCUT2D eigenvalue weighted by Gasteiger charge is 2.62. The van der Waals surface area contributed by atoms with Gasteiger partial charge in [-0.3, -0.25) is 34.9 Å². The van der Waals surface area contributed by atoms with Crippen molar-refractivity contribution in [1.82, 2.24) is 34.9 Å². The van der Waals surface area contributed by atoms with Crippen LogP contribution in [0.4, 0.5) is 0 Å². The molecule has 10 rings (SSSR count). The maximum absolute atomic E-state index is 14.0. The second kappa shape index (κ2) is 35.0. The van der Waals surface area contributed by atoms with E-state index in [1.807, 2.05) is 6.92 Å².